The van der Waals surface area contributed by atoms with E-state index in [-0.39, 0.29) is 5.69 Å². The molecular weight excluding hydrogens is 311 g/mol. The Morgan fingerprint density at radius 1 is 1.04 bits per heavy atom. The summed E-state index contributed by atoms with van der Waals surface area (Å²) in [5.41, 5.74) is 0.703. The van der Waals surface area contributed by atoms with E-state index >= 15 is 0 Å². The number of hydrogen-bond donors (Lipinski definition) is 2. The maximum absolute atomic E-state index is 13.6. The van der Waals surface area contributed by atoms with E-state index in [1.807, 2.05) is 18.2 Å². The first kappa shape index (κ1) is 14.8. The molecule has 0 saturated heterocycles. The van der Waals surface area contributed by atoms with Gasteiger partial charge in [-0.3, -0.25) is 0 Å². The maximum atomic E-state index is 13.6. The van der Waals surface area contributed by atoms with Crippen LogP contribution in [0.15, 0.2) is 42.5 Å². The molecule has 2 aromatic carbocycles. The summed E-state index contributed by atoms with van der Waals surface area (Å²) in [6.07, 6.45) is 1.66. The highest BCUT2D eigenvalue weighted by Crippen LogP contribution is 2.47. The van der Waals surface area contributed by atoms with Gasteiger partial charge in [0.2, 0.25) is 0 Å². The van der Waals surface area contributed by atoms with E-state index in [2.05, 4.69) is 10.6 Å². The number of para-hydroxylation sites is 1. The highest BCUT2D eigenvalue weighted by molar-refractivity contribution is 5.90. The van der Waals surface area contributed by atoms with Crippen LogP contribution < -0.4 is 20.1 Å². The van der Waals surface area contributed by atoms with E-state index in [0.717, 1.165) is 24.2 Å². The molecule has 6 heteroatoms. The Bertz CT molecular complexity index is 790. The summed E-state index contributed by atoms with van der Waals surface area (Å²) in [5, 5.41) is 5.51. The van der Waals surface area contributed by atoms with Crippen LogP contribution in [-0.2, 0) is 5.54 Å². The molecule has 24 heavy (non-hydrogen) atoms. The van der Waals surface area contributed by atoms with Gasteiger partial charge in [-0.2, -0.15) is 0 Å². The van der Waals surface area contributed by atoms with Gasteiger partial charge in [-0.25, -0.2) is 9.18 Å². The standard InChI is InChI=1S/C18H17FN2O3/c19-13-3-1-2-4-14(13)20-17(22)21-18(7-8-18)12-5-6-15-16(11-12)24-10-9-23-15/h1-6,11H,7-10H2,(H2,20,21,22). The monoisotopic (exact) mass is 328 g/mol. The second kappa shape index (κ2) is 5.70. The SMILES string of the molecule is O=C(Nc1ccccc1F)NC1(c2ccc3c(c2)OCCO3)CC1. The Morgan fingerprint density at radius 2 is 1.79 bits per heavy atom. The van der Waals surface area contributed by atoms with Gasteiger partial charge in [-0.05, 0) is 42.7 Å². The van der Waals surface area contributed by atoms with Gasteiger partial charge in [0.25, 0.3) is 0 Å². The first-order valence-electron chi connectivity index (χ1n) is 7.90. The van der Waals surface area contributed by atoms with Crippen molar-refractivity contribution in [1.29, 1.82) is 0 Å². The number of fused-ring (bicyclic) bond motifs is 1. The number of benzene rings is 2. The second-order valence-electron chi connectivity index (χ2n) is 6.00. The van der Waals surface area contributed by atoms with Crippen LogP contribution in [0.25, 0.3) is 0 Å². The zero-order valence-corrected chi connectivity index (χ0v) is 13.0. The quantitative estimate of drug-likeness (QED) is 0.908. The molecular formula is C18H17FN2O3. The summed E-state index contributed by atoms with van der Waals surface area (Å²) in [5.74, 6) is 0.953. The summed E-state index contributed by atoms with van der Waals surface area (Å²) in [7, 11) is 0. The van der Waals surface area contributed by atoms with Crippen molar-refractivity contribution in [2.24, 2.45) is 0 Å². The number of hydrogen-bond acceptors (Lipinski definition) is 3. The van der Waals surface area contributed by atoms with Crippen LogP contribution >= 0.6 is 0 Å². The molecule has 0 unspecified atom stereocenters. The van der Waals surface area contributed by atoms with Gasteiger partial charge in [-0.1, -0.05) is 18.2 Å². The molecule has 0 radical (unpaired) electrons. The molecule has 1 fully saturated rings. The molecule has 0 atom stereocenters. The average Bonchev–Trinajstić information content (AvgIpc) is 3.37. The van der Waals surface area contributed by atoms with E-state index in [0.29, 0.717) is 19.0 Å². The van der Waals surface area contributed by atoms with Crippen LogP contribution in [0.3, 0.4) is 0 Å². The fraction of sp³-hybridized carbons (Fsp3) is 0.278. The van der Waals surface area contributed by atoms with Crippen molar-refractivity contribution in [2.75, 3.05) is 18.5 Å². The molecule has 0 spiro atoms. The minimum absolute atomic E-state index is 0.160. The molecule has 2 aromatic rings. The molecule has 124 valence electrons. The number of rotatable bonds is 3. The van der Waals surface area contributed by atoms with Gasteiger partial charge >= 0.3 is 6.03 Å². The molecule has 4 rings (SSSR count). The lowest BCUT2D eigenvalue weighted by atomic mass is 10.0. The molecule has 1 heterocycles. The lowest BCUT2D eigenvalue weighted by Gasteiger charge is -2.23. The molecule has 5 nitrogen and oxygen atoms in total. The van der Waals surface area contributed by atoms with Crippen molar-refractivity contribution >= 4 is 11.7 Å². The highest BCUT2D eigenvalue weighted by atomic mass is 19.1. The average molecular weight is 328 g/mol. The van der Waals surface area contributed by atoms with Gasteiger partial charge in [0.1, 0.15) is 19.0 Å². The first-order valence-corrected chi connectivity index (χ1v) is 7.90. The zero-order valence-electron chi connectivity index (χ0n) is 13.0. The molecule has 0 bridgehead atoms. The number of halogens is 1. The predicted octanol–water partition coefficient (Wildman–Crippen LogP) is 3.41. The Kier molecular flexibility index (Phi) is 3.52. The van der Waals surface area contributed by atoms with Crippen molar-refractivity contribution in [3.63, 3.8) is 0 Å². The van der Waals surface area contributed by atoms with Crippen LogP contribution in [0.4, 0.5) is 14.9 Å². The van der Waals surface area contributed by atoms with Gasteiger partial charge in [0.05, 0.1) is 11.2 Å². The molecule has 1 aliphatic carbocycles. The second-order valence-corrected chi connectivity index (χ2v) is 6.00. The van der Waals surface area contributed by atoms with Crippen LogP contribution in [0.2, 0.25) is 0 Å². The Balaban J connectivity index is 1.50. The number of nitrogens with one attached hydrogen (secondary N) is 2. The van der Waals surface area contributed by atoms with E-state index in [1.54, 1.807) is 12.1 Å². The smallest absolute Gasteiger partial charge is 0.320 e. The van der Waals surface area contributed by atoms with Crippen molar-refractivity contribution < 1.29 is 18.7 Å². The van der Waals surface area contributed by atoms with E-state index in [4.69, 9.17) is 9.47 Å². The Labute approximate surface area is 138 Å². The molecule has 2 amide bonds. The van der Waals surface area contributed by atoms with E-state index in [9.17, 15) is 9.18 Å². The number of anilines is 1. The summed E-state index contributed by atoms with van der Waals surface area (Å²) >= 11 is 0. The lowest BCUT2D eigenvalue weighted by Crippen LogP contribution is -2.38. The summed E-state index contributed by atoms with van der Waals surface area (Å²) in [6, 6.07) is 11.4. The normalized spacial score (nSPS) is 17.0. The third kappa shape index (κ3) is 2.75. The Morgan fingerprint density at radius 3 is 2.54 bits per heavy atom. The predicted molar refractivity (Wildman–Crippen MR) is 86.9 cm³/mol. The molecule has 2 N–H and O–H groups in total. The first-order chi connectivity index (χ1) is 11.7. The third-order valence-electron chi connectivity index (χ3n) is 4.32. The summed E-state index contributed by atoms with van der Waals surface area (Å²) in [4.78, 5) is 12.2. The molecule has 2 aliphatic rings. The van der Waals surface area contributed by atoms with Gasteiger partial charge in [-0.15, -0.1) is 0 Å². The van der Waals surface area contributed by atoms with E-state index < -0.39 is 17.4 Å². The van der Waals surface area contributed by atoms with Crippen molar-refractivity contribution in [3.8, 4) is 11.5 Å². The number of amides is 2. The molecule has 0 aromatic heterocycles. The Hall–Kier alpha value is -2.76. The largest absolute Gasteiger partial charge is 0.486 e. The van der Waals surface area contributed by atoms with Crippen LogP contribution in [0.1, 0.15) is 18.4 Å². The van der Waals surface area contributed by atoms with Crippen LogP contribution in [0.5, 0.6) is 11.5 Å². The fourth-order valence-electron chi connectivity index (χ4n) is 2.89. The van der Waals surface area contributed by atoms with E-state index in [1.165, 1.54) is 12.1 Å². The van der Waals surface area contributed by atoms with Gasteiger partial charge in [0, 0.05) is 0 Å². The molecule has 1 saturated carbocycles. The minimum atomic E-state index is -0.461. The van der Waals surface area contributed by atoms with Crippen molar-refractivity contribution in [2.45, 2.75) is 18.4 Å². The minimum Gasteiger partial charge on any atom is -0.486 e. The number of urea groups is 1. The highest BCUT2D eigenvalue weighted by Gasteiger charge is 2.46. The van der Waals surface area contributed by atoms with Crippen LogP contribution in [0, 0.1) is 5.82 Å². The van der Waals surface area contributed by atoms with Gasteiger partial charge in [0.15, 0.2) is 11.5 Å². The molecule has 1 aliphatic heterocycles. The fourth-order valence-corrected chi connectivity index (χ4v) is 2.89. The van der Waals surface area contributed by atoms with Crippen molar-refractivity contribution in [3.05, 3.63) is 53.8 Å². The van der Waals surface area contributed by atoms with Gasteiger partial charge < -0.3 is 20.1 Å². The van der Waals surface area contributed by atoms with Crippen molar-refractivity contribution in [1.82, 2.24) is 5.32 Å². The number of carbonyl (C=O) groups is 1. The topological polar surface area (TPSA) is 59.6 Å². The van der Waals surface area contributed by atoms with Crippen LogP contribution in [-0.4, -0.2) is 19.2 Å². The number of carbonyl (C=O) groups excluding carboxylic acids is 1. The lowest BCUT2D eigenvalue weighted by molar-refractivity contribution is 0.171. The maximum Gasteiger partial charge on any atom is 0.320 e. The summed E-state index contributed by atoms with van der Waals surface area (Å²) < 4.78 is 24.8. The zero-order chi connectivity index (χ0) is 16.6. The number of ether oxygens (including phenoxy) is 2. The summed E-state index contributed by atoms with van der Waals surface area (Å²) in [6.45, 7) is 1.06. The third-order valence-corrected chi connectivity index (χ3v) is 4.32.